The summed E-state index contributed by atoms with van der Waals surface area (Å²) < 4.78 is 0. The van der Waals surface area contributed by atoms with Crippen LogP contribution in [-0.4, -0.2) is 25.5 Å². The number of carbonyl (C=O) groups is 1. The second kappa shape index (κ2) is 4.76. The Bertz CT molecular complexity index is 712. The topological polar surface area (TPSA) is 20.3 Å². The Hall–Kier alpha value is -2.03. The van der Waals surface area contributed by atoms with Gasteiger partial charge in [-0.05, 0) is 25.0 Å². The largest absolute Gasteiger partial charge is 0.376 e. The van der Waals surface area contributed by atoms with Gasteiger partial charge in [-0.3, -0.25) is 4.79 Å². The van der Waals surface area contributed by atoms with Gasteiger partial charge in [-0.2, -0.15) is 0 Å². The van der Waals surface area contributed by atoms with Crippen molar-refractivity contribution in [3.05, 3.63) is 59.7 Å². The van der Waals surface area contributed by atoms with Crippen molar-refractivity contribution in [3.63, 3.8) is 0 Å². The average Bonchev–Trinajstić information content (AvgIpc) is 3.05. The number of hydrogen-bond donors (Lipinski definition) is 0. The minimum Gasteiger partial charge on any atom is -0.376 e. The summed E-state index contributed by atoms with van der Waals surface area (Å²) in [6.45, 7) is 3.09. The summed E-state index contributed by atoms with van der Waals surface area (Å²) in [5, 5.41) is 0. The van der Waals surface area contributed by atoms with E-state index in [4.69, 9.17) is 0 Å². The summed E-state index contributed by atoms with van der Waals surface area (Å²) in [4.78, 5) is 15.1. The molecule has 1 radical (unpaired) electrons. The van der Waals surface area contributed by atoms with Crippen LogP contribution in [0.15, 0.2) is 48.5 Å². The Morgan fingerprint density at radius 3 is 2.71 bits per heavy atom. The minimum atomic E-state index is 0.0507. The average molecular weight is 274 g/mol. The lowest BCUT2D eigenvalue weighted by atomic mass is 9.61. The summed E-state index contributed by atoms with van der Waals surface area (Å²) in [6.07, 6.45) is 0.862. The number of nitrogens with zero attached hydrogens (tertiary/aromatic N) is 1. The van der Waals surface area contributed by atoms with E-state index in [-0.39, 0.29) is 11.9 Å². The van der Waals surface area contributed by atoms with Crippen molar-refractivity contribution in [1.82, 2.24) is 0 Å². The highest BCUT2D eigenvalue weighted by atomic mass is 16.1. The highest BCUT2D eigenvalue weighted by Gasteiger charge is 2.42. The van der Waals surface area contributed by atoms with Crippen molar-refractivity contribution in [1.29, 1.82) is 0 Å². The van der Waals surface area contributed by atoms with Gasteiger partial charge in [0.15, 0.2) is 13.1 Å². The maximum absolute atomic E-state index is 12.7. The molecule has 2 unspecified atom stereocenters. The van der Waals surface area contributed by atoms with Crippen molar-refractivity contribution in [2.75, 3.05) is 11.4 Å². The first-order chi connectivity index (χ1) is 10.3. The van der Waals surface area contributed by atoms with Gasteiger partial charge in [0.1, 0.15) is 0 Å². The molecular formula is C18H17BNO. The lowest BCUT2D eigenvalue weighted by Gasteiger charge is -2.30. The van der Waals surface area contributed by atoms with Crippen LogP contribution >= 0.6 is 0 Å². The molecule has 0 spiro atoms. The minimum absolute atomic E-state index is 0.0507. The predicted octanol–water partition coefficient (Wildman–Crippen LogP) is 2.24. The smallest absolute Gasteiger partial charge is 0.184 e. The molecule has 2 aromatic carbocycles. The van der Waals surface area contributed by atoms with Crippen LogP contribution in [0.4, 0.5) is 5.69 Å². The van der Waals surface area contributed by atoms with Crippen molar-refractivity contribution in [2.45, 2.75) is 19.3 Å². The molecule has 1 heterocycles. The quantitative estimate of drug-likeness (QED) is 0.783. The van der Waals surface area contributed by atoms with E-state index in [2.05, 4.69) is 49.4 Å². The number of hydrogen-bond acceptors (Lipinski definition) is 2. The third-order valence-electron chi connectivity index (χ3n) is 4.77. The van der Waals surface area contributed by atoms with Gasteiger partial charge in [0.2, 0.25) is 0 Å². The highest BCUT2D eigenvalue weighted by Crippen LogP contribution is 2.34. The first kappa shape index (κ1) is 12.7. The second-order valence-corrected chi connectivity index (χ2v) is 5.83. The molecule has 1 aliphatic heterocycles. The number of Topliss-reactive ketones (excluding diaryl/α,β-unsaturated/α-hetero) is 1. The van der Waals surface area contributed by atoms with Crippen LogP contribution < -0.4 is 10.4 Å². The third-order valence-corrected chi connectivity index (χ3v) is 4.77. The van der Waals surface area contributed by atoms with Crippen LogP contribution in [0.1, 0.15) is 22.8 Å². The zero-order valence-corrected chi connectivity index (χ0v) is 12.1. The molecule has 2 aliphatic rings. The lowest BCUT2D eigenvalue weighted by molar-refractivity contribution is 0.0933. The van der Waals surface area contributed by atoms with E-state index in [1.54, 1.807) is 0 Å². The van der Waals surface area contributed by atoms with Crippen LogP contribution in [0.2, 0.25) is 0 Å². The fourth-order valence-corrected chi connectivity index (χ4v) is 3.78. The number of rotatable bonds is 2. The molecule has 0 amide bonds. The summed E-state index contributed by atoms with van der Waals surface area (Å²) in [5.74, 6) is 0.542. The SMILES string of the molecule is CCN1c2ccccc2[B]C1C1Cc2ccccc2C1=O. The monoisotopic (exact) mass is 274 g/mol. The lowest BCUT2D eigenvalue weighted by Crippen LogP contribution is -2.43. The zero-order valence-electron chi connectivity index (χ0n) is 12.1. The Labute approximate surface area is 126 Å². The molecule has 0 aromatic heterocycles. The first-order valence-electron chi connectivity index (χ1n) is 7.62. The van der Waals surface area contributed by atoms with Crippen LogP contribution in [0, 0.1) is 5.92 Å². The van der Waals surface area contributed by atoms with E-state index in [0.29, 0.717) is 5.78 Å². The summed E-state index contributed by atoms with van der Waals surface area (Å²) >= 11 is 0. The standard InChI is InChI=1S/C18H17BNO/c1-2-20-16-10-6-5-9-15(16)19-18(20)14-11-12-7-3-4-8-13(12)17(14)21/h3-10,14,18H,2,11H2,1H3. The number of fused-ring (bicyclic) bond motifs is 2. The molecule has 2 atom stereocenters. The molecule has 21 heavy (non-hydrogen) atoms. The molecule has 0 saturated carbocycles. The van der Waals surface area contributed by atoms with E-state index >= 15 is 0 Å². The van der Waals surface area contributed by atoms with Crippen LogP contribution in [0.5, 0.6) is 0 Å². The van der Waals surface area contributed by atoms with Gasteiger partial charge in [0.05, 0.1) is 0 Å². The summed E-state index contributed by atoms with van der Waals surface area (Å²) in [6, 6.07) is 16.5. The molecule has 0 bridgehead atoms. The summed E-state index contributed by atoms with van der Waals surface area (Å²) in [5.41, 5.74) is 4.64. The molecule has 0 N–H and O–H groups in total. The number of benzene rings is 2. The Morgan fingerprint density at radius 2 is 1.90 bits per heavy atom. The zero-order chi connectivity index (χ0) is 14.4. The fourth-order valence-electron chi connectivity index (χ4n) is 3.78. The Kier molecular flexibility index (Phi) is 2.88. The molecule has 3 heteroatoms. The van der Waals surface area contributed by atoms with Crippen molar-refractivity contribution >= 4 is 24.2 Å². The molecule has 1 aliphatic carbocycles. The van der Waals surface area contributed by atoms with Crippen LogP contribution in [0.3, 0.4) is 0 Å². The molecule has 2 nitrogen and oxygen atoms in total. The Morgan fingerprint density at radius 1 is 1.14 bits per heavy atom. The molecule has 0 saturated heterocycles. The number of ketones is 1. The van der Waals surface area contributed by atoms with Gasteiger partial charge in [0.25, 0.3) is 0 Å². The number of anilines is 1. The van der Waals surface area contributed by atoms with Crippen LogP contribution in [-0.2, 0) is 6.42 Å². The van der Waals surface area contributed by atoms with E-state index < -0.39 is 0 Å². The van der Waals surface area contributed by atoms with E-state index in [1.165, 1.54) is 16.7 Å². The third kappa shape index (κ3) is 1.84. The van der Waals surface area contributed by atoms with Gasteiger partial charge in [-0.1, -0.05) is 47.9 Å². The van der Waals surface area contributed by atoms with E-state index in [1.807, 2.05) is 18.2 Å². The van der Waals surface area contributed by atoms with Crippen molar-refractivity contribution < 1.29 is 4.79 Å². The second-order valence-electron chi connectivity index (χ2n) is 5.83. The van der Waals surface area contributed by atoms with Gasteiger partial charge in [0, 0.05) is 29.7 Å². The molecule has 4 rings (SSSR count). The normalized spacial score (nSPS) is 22.9. The van der Waals surface area contributed by atoms with Gasteiger partial charge in [-0.15, -0.1) is 0 Å². The molecule has 0 fully saturated rings. The molecular weight excluding hydrogens is 257 g/mol. The van der Waals surface area contributed by atoms with Gasteiger partial charge < -0.3 is 4.90 Å². The maximum Gasteiger partial charge on any atom is 0.184 e. The van der Waals surface area contributed by atoms with E-state index in [9.17, 15) is 4.79 Å². The number of para-hydroxylation sites is 1. The van der Waals surface area contributed by atoms with Crippen LogP contribution in [0.25, 0.3) is 0 Å². The molecule has 2 aromatic rings. The maximum atomic E-state index is 12.7. The van der Waals surface area contributed by atoms with Gasteiger partial charge >= 0.3 is 0 Å². The highest BCUT2D eigenvalue weighted by molar-refractivity contribution is 6.60. The van der Waals surface area contributed by atoms with Crippen molar-refractivity contribution in [3.8, 4) is 0 Å². The Balaban J connectivity index is 1.69. The van der Waals surface area contributed by atoms with Crippen molar-refractivity contribution in [2.24, 2.45) is 5.92 Å². The summed E-state index contributed by atoms with van der Waals surface area (Å²) in [7, 11) is 2.27. The first-order valence-corrected chi connectivity index (χ1v) is 7.62. The van der Waals surface area contributed by atoms with Gasteiger partial charge in [-0.25, -0.2) is 0 Å². The predicted molar refractivity (Wildman–Crippen MR) is 86.6 cm³/mol. The van der Waals surface area contributed by atoms with E-state index in [0.717, 1.165) is 18.5 Å². The number of carbonyl (C=O) groups excluding carboxylic acids is 1. The fraction of sp³-hybridized carbons (Fsp3) is 0.278. The molecule has 103 valence electrons.